The summed E-state index contributed by atoms with van der Waals surface area (Å²) in [6.45, 7) is 0. The van der Waals surface area contributed by atoms with Crippen molar-refractivity contribution in [3.8, 4) is 10.6 Å². The van der Waals surface area contributed by atoms with Gasteiger partial charge in [-0.3, -0.25) is 10.1 Å². The largest absolute Gasteiger partial charge is 0.355 e. The Labute approximate surface area is 136 Å². The van der Waals surface area contributed by atoms with Gasteiger partial charge in [-0.15, -0.1) is 21.5 Å². The van der Waals surface area contributed by atoms with Crippen LogP contribution in [-0.4, -0.2) is 27.5 Å². The molecule has 3 rings (SSSR count). The molecule has 6 nitrogen and oxygen atoms in total. The third kappa shape index (κ3) is 3.26. The maximum Gasteiger partial charge on any atom is 0.279 e. The Morgan fingerprint density at radius 3 is 2.90 bits per heavy atom. The van der Waals surface area contributed by atoms with Crippen LogP contribution in [0.1, 0.15) is 10.5 Å². The first-order chi connectivity index (χ1) is 10.2. The standard InChI is InChI=1S/C11H7ClN4O2S3/c1-19-11-15-14-10(21-11)13-9(17)5-4-6(18-16-5)7-2-3-8(12)20-7/h2-4H,1H3,(H,13,14,17). The van der Waals surface area contributed by atoms with E-state index in [-0.39, 0.29) is 5.69 Å². The highest BCUT2D eigenvalue weighted by Gasteiger charge is 2.16. The van der Waals surface area contributed by atoms with Crippen LogP contribution in [0, 0.1) is 0 Å². The van der Waals surface area contributed by atoms with E-state index in [0.717, 1.165) is 9.22 Å². The molecule has 0 aliphatic heterocycles. The van der Waals surface area contributed by atoms with E-state index in [1.807, 2.05) is 12.3 Å². The lowest BCUT2D eigenvalue weighted by Gasteiger charge is -1.94. The van der Waals surface area contributed by atoms with E-state index in [2.05, 4.69) is 20.7 Å². The van der Waals surface area contributed by atoms with Gasteiger partial charge in [0.25, 0.3) is 5.91 Å². The van der Waals surface area contributed by atoms with E-state index in [1.54, 1.807) is 12.1 Å². The van der Waals surface area contributed by atoms with Crippen LogP contribution in [0.2, 0.25) is 4.34 Å². The van der Waals surface area contributed by atoms with Crippen molar-refractivity contribution < 1.29 is 9.32 Å². The highest BCUT2D eigenvalue weighted by Crippen LogP contribution is 2.31. The fourth-order valence-corrected chi connectivity index (χ4v) is 3.61. The van der Waals surface area contributed by atoms with Gasteiger partial charge in [-0.2, -0.15) is 0 Å². The topological polar surface area (TPSA) is 80.9 Å². The predicted molar refractivity (Wildman–Crippen MR) is 84.5 cm³/mol. The summed E-state index contributed by atoms with van der Waals surface area (Å²) in [6.07, 6.45) is 1.89. The van der Waals surface area contributed by atoms with Gasteiger partial charge in [-0.25, -0.2) is 0 Å². The highest BCUT2D eigenvalue weighted by molar-refractivity contribution is 8.00. The number of hydrogen-bond donors (Lipinski definition) is 1. The molecule has 0 saturated heterocycles. The summed E-state index contributed by atoms with van der Waals surface area (Å²) in [5, 5.41) is 14.6. The third-order valence-electron chi connectivity index (χ3n) is 2.36. The Morgan fingerprint density at radius 1 is 1.38 bits per heavy atom. The van der Waals surface area contributed by atoms with Crippen LogP contribution in [0.15, 0.2) is 27.1 Å². The maximum atomic E-state index is 12.0. The molecule has 0 atom stereocenters. The lowest BCUT2D eigenvalue weighted by atomic mass is 10.3. The van der Waals surface area contributed by atoms with Crippen molar-refractivity contribution >= 4 is 57.1 Å². The molecule has 108 valence electrons. The minimum absolute atomic E-state index is 0.176. The summed E-state index contributed by atoms with van der Waals surface area (Å²) in [5.74, 6) is 0.107. The molecule has 0 saturated carbocycles. The Balaban J connectivity index is 1.75. The SMILES string of the molecule is CSc1nnc(NC(=O)c2cc(-c3ccc(Cl)s3)on2)s1. The Morgan fingerprint density at radius 2 is 2.24 bits per heavy atom. The second-order valence-corrected chi connectivity index (χ2v) is 7.46. The maximum absolute atomic E-state index is 12.0. The second-order valence-electron chi connectivity index (χ2n) is 3.71. The molecule has 1 N–H and O–H groups in total. The first-order valence-corrected chi connectivity index (χ1v) is 8.80. The van der Waals surface area contributed by atoms with Crippen LogP contribution in [-0.2, 0) is 0 Å². The molecule has 3 aromatic rings. The smallest absolute Gasteiger partial charge is 0.279 e. The number of rotatable bonds is 4. The zero-order chi connectivity index (χ0) is 14.8. The molecular formula is C11H7ClN4O2S3. The van der Waals surface area contributed by atoms with Gasteiger partial charge in [-0.1, -0.05) is 39.9 Å². The fraction of sp³-hybridized carbons (Fsp3) is 0.0909. The molecule has 0 aliphatic carbocycles. The number of aromatic nitrogens is 3. The van der Waals surface area contributed by atoms with Crippen molar-refractivity contribution in [3.05, 3.63) is 28.2 Å². The van der Waals surface area contributed by atoms with Crippen LogP contribution < -0.4 is 5.32 Å². The van der Waals surface area contributed by atoms with Crippen molar-refractivity contribution in [1.82, 2.24) is 15.4 Å². The van der Waals surface area contributed by atoms with E-state index in [1.165, 1.54) is 34.4 Å². The average Bonchev–Trinajstić information content (AvgIpc) is 3.17. The summed E-state index contributed by atoms with van der Waals surface area (Å²) >= 11 is 9.98. The summed E-state index contributed by atoms with van der Waals surface area (Å²) in [7, 11) is 0. The molecule has 3 aromatic heterocycles. The first kappa shape index (κ1) is 14.5. The van der Waals surface area contributed by atoms with Gasteiger partial charge in [0.05, 0.1) is 9.21 Å². The van der Waals surface area contributed by atoms with E-state index in [9.17, 15) is 4.79 Å². The number of thioether (sulfide) groups is 1. The number of hydrogen-bond acceptors (Lipinski definition) is 8. The van der Waals surface area contributed by atoms with Crippen LogP contribution in [0.4, 0.5) is 5.13 Å². The van der Waals surface area contributed by atoms with Crippen LogP contribution in [0.25, 0.3) is 10.6 Å². The Bertz CT molecular complexity index is 782. The van der Waals surface area contributed by atoms with Gasteiger partial charge in [0.15, 0.2) is 15.8 Å². The van der Waals surface area contributed by atoms with Gasteiger partial charge >= 0.3 is 0 Å². The summed E-state index contributed by atoms with van der Waals surface area (Å²) in [6, 6.07) is 5.13. The monoisotopic (exact) mass is 358 g/mol. The van der Waals surface area contributed by atoms with E-state index in [0.29, 0.717) is 15.2 Å². The van der Waals surface area contributed by atoms with Gasteiger partial charge < -0.3 is 4.52 Å². The summed E-state index contributed by atoms with van der Waals surface area (Å²) in [4.78, 5) is 12.8. The molecule has 21 heavy (non-hydrogen) atoms. The number of amides is 1. The predicted octanol–water partition coefficient (Wildman–Crippen LogP) is 3.88. The third-order valence-corrected chi connectivity index (χ3v) is 5.42. The van der Waals surface area contributed by atoms with E-state index in [4.69, 9.17) is 16.1 Å². The van der Waals surface area contributed by atoms with Crippen molar-refractivity contribution in [2.45, 2.75) is 4.34 Å². The van der Waals surface area contributed by atoms with Crippen molar-refractivity contribution in [3.63, 3.8) is 0 Å². The molecule has 1 amide bonds. The molecule has 0 unspecified atom stereocenters. The zero-order valence-electron chi connectivity index (χ0n) is 10.5. The summed E-state index contributed by atoms with van der Waals surface area (Å²) < 4.78 is 6.57. The first-order valence-electron chi connectivity index (χ1n) is 5.57. The number of halogens is 1. The van der Waals surface area contributed by atoms with Crippen LogP contribution in [0.3, 0.4) is 0 Å². The van der Waals surface area contributed by atoms with E-state index < -0.39 is 5.91 Å². The highest BCUT2D eigenvalue weighted by atomic mass is 35.5. The van der Waals surface area contributed by atoms with Gasteiger partial charge in [0.2, 0.25) is 5.13 Å². The minimum Gasteiger partial charge on any atom is -0.355 e. The summed E-state index contributed by atoms with van der Waals surface area (Å²) in [5.41, 5.74) is 0.176. The second kappa shape index (κ2) is 6.14. The average molecular weight is 359 g/mol. The fourth-order valence-electron chi connectivity index (χ4n) is 1.45. The Hall–Kier alpha value is -1.42. The molecule has 0 fully saturated rings. The molecule has 0 spiro atoms. The van der Waals surface area contributed by atoms with Crippen molar-refractivity contribution in [2.75, 3.05) is 11.6 Å². The number of thiophene rings is 1. The number of nitrogens with one attached hydrogen (secondary N) is 1. The van der Waals surface area contributed by atoms with Crippen LogP contribution in [0.5, 0.6) is 0 Å². The lowest BCUT2D eigenvalue weighted by Crippen LogP contribution is -2.11. The molecule has 0 bridgehead atoms. The molecule has 0 aliphatic rings. The van der Waals surface area contributed by atoms with Crippen LogP contribution >= 0.6 is 46.0 Å². The number of anilines is 1. The normalized spacial score (nSPS) is 10.8. The molecule has 0 radical (unpaired) electrons. The molecule has 10 heteroatoms. The minimum atomic E-state index is -0.392. The van der Waals surface area contributed by atoms with E-state index >= 15 is 0 Å². The zero-order valence-corrected chi connectivity index (χ0v) is 13.7. The molecule has 3 heterocycles. The number of carbonyl (C=O) groups excluding carboxylic acids is 1. The van der Waals surface area contributed by atoms with Gasteiger partial charge in [0, 0.05) is 6.07 Å². The van der Waals surface area contributed by atoms with Crippen molar-refractivity contribution in [1.29, 1.82) is 0 Å². The van der Waals surface area contributed by atoms with Crippen molar-refractivity contribution in [2.24, 2.45) is 0 Å². The van der Waals surface area contributed by atoms with Gasteiger partial charge in [-0.05, 0) is 18.4 Å². The number of carbonyl (C=O) groups is 1. The quantitative estimate of drug-likeness (QED) is 0.563. The Kier molecular flexibility index (Phi) is 4.24. The lowest BCUT2D eigenvalue weighted by molar-refractivity contribution is 0.101. The molecular weight excluding hydrogens is 352 g/mol. The van der Waals surface area contributed by atoms with Gasteiger partial charge in [0.1, 0.15) is 0 Å². The number of nitrogens with zero attached hydrogens (tertiary/aromatic N) is 3. The molecule has 0 aromatic carbocycles.